The van der Waals surface area contributed by atoms with E-state index in [0.717, 1.165) is 0 Å². The second kappa shape index (κ2) is 8.13. The van der Waals surface area contributed by atoms with Crippen molar-refractivity contribution in [3.8, 4) is 0 Å². The first-order chi connectivity index (χ1) is 9.45. The van der Waals surface area contributed by atoms with Crippen molar-refractivity contribution in [2.75, 3.05) is 0 Å². The number of hydrogen-bond donors (Lipinski definition) is 0. The molecule has 92 valence electrons. The molecule has 0 aromatic heterocycles. The molecule has 0 spiro atoms. The zero-order valence-corrected chi connectivity index (χ0v) is 17.5. The summed E-state index contributed by atoms with van der Waals surface area (Å²) in [6, 6.07) is 33.0. The Labute approximate surface area is 151 Å². The fourth-order valence-corrected chi connectivity index (χ4v) is 12.3. The molecule has 0 bridgehead atoms. The Balaban J connectivity index is 0.00000147. The predicted molar refractivity (Wildman–Crippen MR) is 89.7 cm³/mol. The monoisotopic (exact) mass is 462 g/mol. The molecule has 0 saturated heterocycles. The van der Waals surface area contributed by atoms with E-state index in [1.807, 2.05) is 0 Å². The first-order valence-electron chi connectivity index (χ1n) is 6.48. The van der Waals surface area contributed by atoms with Crippen LogP contribution in [0.15, 0.2) is 91.0 Å². The Morgan fingerprint density at radius 2 is 0.650 bits per heavy atom. The Kier molecular flexibility index (Phi) is 6.49. The molecule has 3 aromatic rings. The van der Waals surface area contributed by atoms with Crippen LogP contribution < -0.4 is 9.37 Å². The second-order valence-corrected chi connectivity index (χ2v) is 14.1. The molecule has 2 radical (unpaired) electrons. The van der Waals surface area contributed by atoms with Crippen molar-refractivity contribution in [3.63, 3.8) is 0 Å². The average Bonchev–Trinajstić information content (AvgIpc) is 2.51. The third-order valence-electron chi connectivity index (χ3n) is 3.19. The average molecular weight is 462 g/mol. The van der Waals surface area contributed by atoms with Gasteiger partial charge in [0, 0.05) is 29.6 Å². The van der Waals surface area contributed by atoms with E-state index in [4.69, 9.17) is 0 Å². The van der Waals surface area contributed by atoms with E-state index >= 15 is 0 Å². The fourth-order valence-electron chi connectivity index (χ4n) is 2.31. The van der Waals surface area contributed by atoms with Crippen molar-refractivity contribution >= 4 is 61.6 Å². The molecule has 0 heterocycles. The van der Waals surface area contributed by atoms with Crippen molar-refractivity contribution in [2.24, 2.45) is 0 Å². The molecule has 0 aliphatic rings. The van der Waals surface area contributed by atoms with Gasteiger partial charge in [-0.25, -0.2) is 0 Å². The van der Waals surface area contributed by atoms with E-state index < -0.39 is 22.7 Å². The summed E-state index contributed by atoms with van der Waals surface area (Å²) in [7, 11) is 0. The van der Waals surface area contributed by atoms with Gasteiger partial charge >= 0.3 is 123 Å². The summed E-state index contributed by atoms with van der Waals surface area (Å²) in [5.74, 6) is 0. The Morgan fingerprint density at radius 3 is 0.900 bits per heavy atom. The molecule has 0 atom stereocenters. The van der Waals surface area contributed by atoms with Gasteiger partial charge in [0.25, 0.3) is 0 Å². The number of benzene rings is 3. The van der Waals surface area contributed by atoms with Crippen LogP contribution in [0, 0.1) is 0 Å². The molecule has 0 saturated carbocycles. The van der Waals surface area contributed by atoms with Gasteiger partial charge in [-0.3, -0.25) is 0 Å². The van der Waals surface area contributed by atoms with Crippen LogP contribution >= 0.6 is 0 Å². The molecular weight excluding hydrogens is 446 g/mol. The summed E-state index contributed by atoms with van der Waals surface area (Å²) in [5, 5.41) is 0. The maximum absolute atomic E-state index is 2.29. The zero-order valence-electron chi connectivity index (χ0n) is 11.7. The Morgan fingerprint density at radius 1 is 0.400 bits per heavy atom. The topological polar surface area (TPSA) is 0 Å². The first kappa shape index (κ1) is 16.0. The minimum atomic E-state index is -2.17. The molecule has 0 aliphatic carbocycles. The number of hydrogen-bond acceptors (Lipinski definition) is 0. The summed E-state index contributed by atoms with van der Waals surface area (Å²) < 4.78 is 4.64. The van der Waals surface area contributed by atoms with Crippen LogP contribution in [0.1, 0.15) is 0 Å². The predicted octanol–water partition coefficient (Wildman–Crippen LogP) is 1.82. The third kappa shape index (κ3) is 3.82. The zero-order chi connectivity index (χ0) is 12.9. The van der Waals surface area contributed by atoms with E-state index in [1.54, 1.807) is 9.37 Å². The third-order valence-corrected chi connectivity index (χ3v) is 13.8. The normalized spacial score (nSPS) is 10.1. The molecule has 3 rings (SSSR count). The molecule has 0 fully saturated rings. The van der Waals surface area contributed by atoms with Crippen molar-refractivity contribution in [1.82, 2.24) is 0 Å². The SMILES string of the molecule is [Na].c1cc[c]([Pb]([c]2ccccc2)[c]2ccccc2)cc1. The Bertz CT molecular complexity index is 529. The van der Waals surface area contributed by atoms with Gasteiger partial charge in [0.05, 0.1) is 0 Å². The van der Waals surface area contributed by atoms with E-state index in [1.165, 1.54) is 0 Å². The van der Waals surface area contributed by atoms with Crippen molar-refractivity contribution in [3.05, 3.63) is 91.0 Å². The van der Waals surface area contributed by atoms with Crippen molar-refractivity contribution < 1.29 is 0 Å². The molecule has 0 unspecified atom stereocenters. The van der Waals surface area contributed by atoms with Crippen molar-refractivity contribution in [1.29, 1.82) is 0 Å². The minimum absolute atomic E-state index is 0. The van der Waals surface area contributed by atoms with Crippen LogP contribution in [0.4, 0.5) is 0 Å². The molecule has 20 heavy (non-hydrogen) atoms. The van der Waals surface area contributed by atoms with Gasteiger partial charge in [-0.05, 0) is 0 Å². The van der Waals surface area contributed by atoms with Gasteiger partial charge in [-0.15, -0.1) is 0 Å². The van der Waals surface area contributed by atoms with Crippen LogP contribution in [0.5, 0.6) is 0 Å². The van der Waals surface area contributed by atoms with Gasteiger partial charge in [0.15, 0.2) is 0 Å². The second-order valence-electron chi connectivity index (χ2n) is 4.47. The van der Waals surface area contributed by atoms with E-state index in [2.05, 4.69) is 91.0 Å². The van der Waals surface area contributed by atoms with E-state index in [0.29, 0.717) is 0 Å². The van der Waals surface area contributed by atoms with Crippen LogP contribution in [-0.2, 0) is 0 Å². The van der Waals surface area contributed by atoms with E-state index in [-0.39, 0.29) is 29.6 Å². The van der Waals surface area contributed by atoms with Crippen LogP contribution in [0.25, 0.3) is 0 Å². The van der Waals surface area contributed by atoms with Crippen molar-refractivity contribution in [2.45, 2.75) is 0 Å². The first-order valence-corrected chi connectivity index (χ1v) is 12.3. The van der Waals surface area contributed by atoms with Crippen LogP contribution in [0.3, 0.4) is 0 Å². The molecule has 3 aromatic carbocycles. The summed E-state index contributed by atoms with van der Waals surface area (Å²) in [5.41, 5.74) is 0. The van der Waals surface area contributed by atoms with Gasteiger partial charge in [0.1, 0.15) is 0 Å². The summed E-state index contributed by atoms with van der Waals surface area (Å²) in [6.45, 7) is 0. The summed E-state index contributed by atoms with van der Waals surface area (Å²) >= 11 is -2.17. The molecule has 0 amide bonds. The maximum atomic E-state index is 2.29. The molecule has 2 heteroatoms. The van der Waals surface area contributed by atoms with Gasteiger partial charge in [0.2, 0.25) is 0 Å². The van der Waals surface area contributed by atoms with Crippen LogP contribution in [0.2, 0.25) is 0 Å². The molecular formula is C18H15NaPb. The molecule has 0 N–H and O–H groups in total. The van der Waals surface area contributed by atoms with Gasteiger partial charge in [-0.1, -0.05) is 0 Å². The molecule has 0 nitrogen and oxygen atoms in total. The van der Waals surface area contributed by atoms with E-state index in [9.17, 15) is 0 Å². The quantitative estimate of drug-likeness (QED) is 0.523. The Hall–Kier alpha value is -0.418. The summed E-state index contributed by atoms with van der Waals surface area (Å²) in [4.78, 5) is 0. The van der Waals surface area contributed by atoms with Gasteiger partial charge < -0.3 is 0 Å². The standard InChI is InChI=1S/3C6H5.Na.Pb/c3*1-2-4-6-5-3-1;;/h3*1-5H;;. The fraction of sp³-hybridized carbons (Fsp3) is 0. The van der Waals surface area contributed by atoms with Gasteiger partial charge in [-0.2, -0.15) is 0 Å². The molecule has 0 aliphatic heterocycles. The van der Waals surface area contributed by atoms with Crippen LogP contribution in [-0.4, -0.2) is 52.3 Å². The number of rotatable bonds is 3. The summed E-state index contributed by atoms with van der Waals surface area (Å²) in [6.07, 6.45) is 0.